The fourth-order valence-electron chi connectivity index (χ4n) is 3.10. The highest BCUT2D eigenvalue weighted by atomic mass is 32.2. The second-order valence-corrected chi connectivity index (χ2v) is 8.31. The van der Waals surface area contributed by atoms with Gasteiger partial charge in [0, 0.05) is 13.1 Å². The van der Waals surface area contributed by atoms with Gasteiger partial charge in [-0.3, -0.25) is 4.79 Å². The number of piperidine rings is 1. The smallest absolute Gasteiger partial charge is 0.306 e. The number of nitrogens with zero attached hydrogens (tertiary/aromatic N) is 1. The minimum atomic E-state index is -3.39. The average molecular weight is 359 g/mol. The lowest BCUT2D eigenvalue weighted by atomic mass is 9.99. The molecule has 5 nitrogen and oxygen atoms in total. The van der Waals surface area contributed by atoms with Crippen LogP contribution in [0, 0.1) is 5.92 Å². The molecule has 6 heteroatoms. The number of fused-ring (bicyclic) bond motifs is 1. The molecule has 2 aromatic carbocycles. The number of hydrogen-bond acceptors (Lipinski definition) is 3. The summed E-state index contributed by atoms with van der Waals surface area (Å²) in [5.41, 5.74) is 0.957. The molecule has 0 bridgehead atoms. The van der Waals surface area contributed by atoms with Crippen LogP contribution in [0.1, 0.15) is 18.4 Å². The van der Waals surface area contributed by atoms with Gasteiger partial charge in [0.25, 0.3) is 0 Å². The van der Waals surface area contributed by atoms with Gasteiger partial charge in [0.15, 0.2) is 0 Å². The highest BCUT2D eigenvalue weighted by Crippen LogP contribution is 2.20. The molecule has 0 atom stereocenters. The minimum Gasteiger partial charge on any atom is -0.481 e. The Kier molecular flexibility index (Phi) is 5.20. The molecule has 0 spiro atoms. The monoisotopic (exact) mass is 359 g/mol. The first kappa shape index (κ1) is 17.6. The summed E-state index contributed by atoms with van der Waals surface area (Å²) in [7, 11) is -3.39. The predicted octanol–water partition coefficient (Wildman–Crippen LogP) is 2.98. The molecule has 3 rings (SSSR count). The van der Waals surface area contributed by atoms with Crippen LogP contribution >= 0.6 is 0 Å². The van der Waals surface area contributed by atoms with E-state index in [-0.39, 0.29) is 18.8 Å². The topological polar surface area (TPSA) is 74.7 Å². The average Bonchev–Trinajstić information content (AvgIpc) is 2.61. The molecule has 0 amide bonds. The number of carbonyl (C=O) groups is 1. The van der Waals surface area contributed by atoms with Crippen LogP contribution in [-0.4, -0.2) is 42.6 Å². The molecule has 1 aliphatic rings. The van der Waals surface area contributed by atoms with Crippen LogP contribution < -0.4 is 0 Å². The Balaban J connectivity index is 1.63. The maximum atomic E-state index is 12.4. The van der Waals surface area contributed by atoms with Gasteiger partial charge in [-0.1, -0.05) is 48.6 Å². The van der Waals surface area contributed by atoms with Gasteiger partial charge in [-0.05, 0) is 35.2 Å². The normalized spacial score (nSPS) is 17.3. The first-order chi connectivity index (χ1) is 12.0. The molecule has 0 aliphatic carbocycles. The van der Waals surface area contributed by atoms with Crippen molar-refractivity contribution in [2.75, 3.05) is 18.8 Å². The van der Waals surface area contributed by atoms with Gasteiger partial charge in [-0.2, -0.15) is 0 Å². The lowest BCUT2D eigenvalue weighted by Gasteiger charge is -2.28. The molecule has 132 valence electrons. The zero-order chi connectivity index (χ0) is 17.9. The third-order valence-electron chi connectivity index (χ3n) is 4.59. The Morgan fingerprint density at radius 2 is 1.80 bits per heavy atom. The van der Waals surface area contributed by atoms with Crippen LogP contribution in [0.3, 0.4) is 0 Å². The Morgan fingerprint density at radius 3 is 2.48 bits per heavy atom. The number of hydrogen-bond donors (Lipinski definition) is 1. The zero-order valence-corrected chi connectivity index (χ0v) is 14.7. The molecule has 0 unspecified atom stereocenters. The highest BCUT2D eigenvalue weighted by molar-refractivity contribution is 7.89. The maximum Gasteiger partial charge on any atom is 0.306 e. The minimum absolute atomic E-state index is 0.0719. The molecule has 1 saturated heterocycles. The summed E-state index contributed by atoms with van der Waals surface area (Å²) in [6.07, 6.45) is 4.22. The second-order valence-electron chi connectivity index (χ2n) is 6.30. The van der Waals surface area contributed by atoms with Crippen molar-refractivity contribution < 1.29 is 18.3 Å². The molecule has 0 radical (unpaired) electrons. The molecule has 1 aliphatic heterocycles. The number of carboxylic acid groups (broad SMARTS) is 1. The third-order valence-corrected chi connectivity index (χ3v) is 6.35. The first-order valence-corrected chi connectivity index (χ1v) is 9.92. The van der Waals surface area contributed by atoms with Gasteiger partial charge in [-0.15, -0.1) is 0 Å². The SMILES string of the molecule is O=C(O)C1CCN(S(=O)(=O)CC=Cc2ccc3ccccc3c2)CC1. The lowest BCUT2D eigenvalue weighted by Crippen LogP contribution is -2.41. The predicted molar refractivity (Wildman–Crippen MR) is 98.7 cm³/mol. The van der Waals surface area contributed by atoms with E-state index in [1.807, 2.05) is 48.5 Å². The van der Waals surface area contributed by atoms with Gasteiger partial charge >= 0.3 is 5.97 Å². The lowest BCUT2D eigenvalue weighted by molar-refractivity contribution is -0.142. The number of sulfonamides is 1. The van der Waals surface area contributed by atoms with Crippen molar-refractivity contribution in [3.63, 3.8) is 0 Å². The quantitative estimate of drug-likeness (QED) is 0.891. The van der Waals surface area contributed by atoms with Crippen molar-refractivity contribution in [3.8, 4) is 0 Å². The summed E-state index contributed by atoms with van der Waals surface area (Å²) in [5, 5.41) is 11.3. The number of rotatable bonds is 5. The molecular formula is C19H21NO4S. The van der Waals surface area contributed by atoms with Gasteiger partial charge in [0.1, 0.15) is 0 Å². The van der Waals surface area contributed by atoms with E-state index in [0.717, 1.165) is 16.3 Å². The van der Waals surface area contributed by atoms with Crippen molar-refractivity contribution >= 4 is 32.8 Å². The summed E-state index contributed by atoms with van der Waals surface area (Å²) < 4.78 is 26.2. The number of aliphatic carboxylic acids is 1. The Morgan fingerprint density at radius 1 is 1.12 bits per heavy atom. The van der Waals surface area contributed by atoms with Gasteiger partial charge in [0.2, 0.25) is 10.0 Å². The van der Waals surface area contributed by atoms with E-state index < -0.39 is 21.9 Å². The van der Waals surface area contributed by atoms with Crippen molar-refractivity contribution in [1.29, 1.82) is 0 Å². The van der Waals surface area contributed by atoms with E-state index in [9.17, 15) is 13.2 Å². The molecule has 2 aromatic rings. The molecule has 25 heavy (non-hydrogen) atoms. The van der Waals surface area contributed by atoms with Crippen LogP contribution in [0.5, 0.6) is 0 Å². The van der Waals surface area contributed by atoms with Gasteiger partial charge in [0.05, 0.1) is 11.7 Å². The molecule has 1 N–H and O–H groups in total. The second kappa shape index (κ2) is 7.37. The standard InChI is InChI=1S/C19H21NO4S/c21-19(22)17-9-11-20(12-10-17)25(23,24)13-3-4-15-7-8-16-5-1-2-6-18(16)14-15/h1-8,14,17H,9-13H2,(H,21,22). The van der Waals surface area contributed by atoms with Crippen molar-refractivity contribution in [1.82, 2.24) is 4.31 Å². The van der Waals surface area contributed by atoms with Crippen molar-refractivity contribution in [2.24, 2.45) is 5.92 Å². The first-order valence-electron chi connectivity index (χ1n) is 8.32. The van der Waals surface area contributed by atoms with E-state index >= 15 is 0 Å². The van der Waals surface area contributed by atoms with Crippen LogP contribution in [-0.2, 0) is 14.8 Å². The van der Waals surface area contributed by atoms with Crippen LogP contribution in [0.2, 0.25) is 0 Å². The Labute approximate surface area is 147 Å². The zero-order valence-electron chi connectivity index (χ0n) is 13.8. The van der Waals surface area contributed by atoms with E-state index in [4.69, 9.17) is 5.11 Å². The molecule has 1 fully saturated rings. The number of carboxylic acids is 1. The summed E-state index contributed by atoms with van der Waals surface area (Å²) in [6, 6.07) is 14.0. The van der Waals surface area contributed by atoms with E-state index in [2.05, 4.69) is 0 Å². The van der Waals surface area contributed by atoms with Crippen molar-refractivity contribution in [3.05, 3.63) is 54.1 Å². The molecule has 0 saturated carbocycles. The van der Waals surface area contributed by atoms with E-state index in [1.165, 1.54) is 4.31 Å². The van der Waals surface area contributed by atoms with E-state index in [0.29, 0.717) is 12.8 Å². The molecule has 0 aromatic heterocycles. The van der Waals surface area contributed by atoms with Crippen LogP contribution in [0.25, 0.3) is 16.8 Å². The maximum absolute atomic E-state index is 12.4. The van der Waals surface area contributed by atoms with Crippen LogP contribution in [0.15, 0.2) is 48.5 Å². The fraction of sp³-hybridized carbons (Fsp3) is 0.316. The summed E-state index contributed by atoms with van der Waals surface area (Å²) in [6.45, 7) is 0.562. The highest BCUT2D eigenvalue weighted by Gasteiger charge is 2.30. The molecular weight excluding hydrogens is 338 g/mol. The van der Waals surface area contributed by atoms with Crippen molar-refractivity contribution in [2.45, 2.75) is 12.8 Å². The third kappa shape index (κ3) is 4.27. The molecule has 1 heterocycles. The largest absolute Gasteiger partial charge is 0.481 e. The summed E-state index contributed by atoms with van der Waals surface area (Å²) >= 11 is 0. The van der Waals surface area contributed by atoms with E-state index in [1.54, 1.807) is 6.08 Å². The summed E-state index contributed by atoms with van der Waals surface area (Å²) in [5.74, 6) is -1.34. The fourth-order valence-corrected chi connectivity index (χ4v) is 4.42. The van der Waals surface area contributed by atoms with Crippen LogP contribution in [0.4, 0.5) is 0 Å². The number of benzene rings is 2. The Hall–Kier alpha value is -2.18. The summed E-state index contributed by atoms with van der Waals surface area (Å²) in [4.78, 5) is 11.0. The van der Waals surface area contributed by atoms with Gasteiger partial charge in [-0.25, -0.2) is 12.7 Å². The Bertz CT molecular complexity index is 897. The van der Waals surface area contributed by atoms with Gasteiger partial charge < -0.3 is 5.11 Å².